The van der Waals surface area contributed by atoms with Crippen molar-refractivity contribution in [1.29, 1.82) is 0 Å². The molecule has 29 heavy (non-hydrogen) atoms. The van der Waals surface area contributed by atoms with Crippen LogP contribution in [0.15, 0.2) is 42.6 Å². The maximum absolute atomic E-state index is 12.8. The topological polar surface area (TPSA) is 76.6 Å². The first kappa shape index (κ1) is 18.3. The van der Waals surface area contributed by atoms with Crippen molar-refractivity contribution in [3.05, 3.63) is 48.2 Å². The van der Waals surface area contributed by atoms with Crippen LogP contribution in [-0.2, 0) is 16.1 Å². The summed E-state index contributed by atoms with van der Waals surface area (Å²) in [7, 11) is 0. The lowest BCUT2D eigenvalue weighted by molar-refractivity contribution is -0.122. The summed E-state index contributed by atoms with van der Waals surface area (Å²) in [6.07, 6.45) is 3.62. The number of benzene rings is 1. The minimum atomic E-state index is -0.192. The molecule has 7 nitrogen and oxygen atoms in total. The number of carbonyl (C=O) groups is 1. The van der Waals surface area contributed by atoms with Crippen LogP contribution in [0, 0.1) is 0 Å². The molecule has 150 valence electrons. The van der Waals surface area contributed by atoms with Crippen molar-refractivity contribution in [2.24, 2.45) is 0 Å². The lowest BCUT2D eigenvalue weighted by Crippen LogP contribution is -2.43. The summed E-state index contributed by atoms with van der Waals surface area (Å²) in [6, 6.07) is 11.7. The quantitative estimate of drug-likeness (QED) is 0.673. The van der Waals surface area contributed by atoms with Crippen molar-refractivity contribution in [1.82, 2.24) is 15.3 Å². The minimum Gasteiger partial charge on any atom is -0.484 e. The van der Waals surface area contributed by atoms with E-state index in [0.29, 0.717) is 25.4 Å². The predicted octanol–water partition coefficient (Wildman–Crippen LogP) is 2.75. The van der Waals surface area contributed by atoms with E-state index in [4.69, 9.17) is 9.47 Å². The van der Waals surface area contributed by atoms with Gasteiger partial charge in [-0.1, -0.05) is 41.7 Å². The number of amides is 1. The van der Waals surface area contributed by atoms with Crippen molar-refractivity contribution in [3.63, 3.8) is 0 Å². The van der Waals surface area contributed by atoms with Gasteiger partial charge in [-0.2, -0.15) is 4.98 Å². The standard InChI is InChI=1S/C21H22N4O3S/c26-20(23-10-14-5-2-1-3-6-14)17-7-4-8-25(17)21-24-19-18(29-21)9-15(11-22-19)28-16-12-27-13-16/h1-3,5-6,9,11,16-17H,4,7-8,10,12-13H2,(H,23,26)/t17-/m1/s1. The summed E-state index contributed by atoms with van der Waals surface area (Å²) in [5.74, 6) is 0.784. The summed E-state index contributed by atoms with van der Waals surface area (Å²) >= 11 is 1.56. The third-order valence-electron chi connectivity index (χ3n) is 5.23. The maximum atomic E-state index is 12.8. The van der Waals surface area contributed by atoms with Gasteiger partial charge in [-0.05, 0) is 18.4 Å². The molecule has 1 atom stereocenters. The number of thiazole rings is 1. The zero-order chi connectivity index (χ0) is 19.6. The fourth-order valence-corrected chi connectivity index (χ4v) is 4.65. The fraction of sp³-hybridized carbons (Fsp3) is 0.381. The van der Waals surface area contributed by atoms with Crippen LogP contribution in [0.2, 0.25) is 0 Å². The molecule has 2 aliphatic rings. The summed E-state index contributed by atoms with van der Waals surface area (Å²) in [6.45, 7) is 2.61. The molecule has 1 amide bonds. The number of nitrogens with zero attached hydrogens (tertiary/aromatic N) is 3. The highest BCUT2D eigenvalue weighted by molar-refractivity contribution is 7.22. The molecule has 2 fully saturated rings. The molecular formula is C21H22N4O3S. The molecule has 0 radical (unpaired) electrons. The lowest BCUT2D eigenvalue weighted by atomic mass is 10.2. The third kappa shape index (κ3) is 3.90. The van der Waals surface area contributed by atoms with Crippen LogP contribution in [0.1, 0.15) is 18.4 Å². The molecule has 0 bridgehead atoms. The Balaban J connectivity index is 1.29. The van der Waals surface area contributed by atoms with Gasteiger partial charge < -0.3 is 19.7 Å². The number of hydrogen-bond donors (Lipinski definition) is 1. The Hall–Kier alpha value is -2.71. The van der Waals surface area contributed by atoms with Gasteiger partial charge in [0.25, 0.3) is 0 Å². The Morgan fingerprint density at radius 3 is 2.97 bits per heavy atom. The van der Waals surface area contributed by atoms with Crippen molar-refractivity contribution in [2.45, 2.75) is 31.5 Å². The number of carbonyl (C=O) groups excluding carboxylic acids is 1. The molecule has 5 rings (SSSR count). The molecule has 1 N–H and O–H groups in total. The first-order chi connectivity index (χ1) is 14.3. The number of hydrogen-bond acceptors (Lipinski definition) is 7. The van der Waals surface area contributed by atoms with Gasteiger partial charge in [0.15, 0.2) is 10.8 Å². The van der Waals surface area contributed by atoms with Crippen molar-refractivity contribution in [2.75, 3.05) is 24.7 Å². The van der Waals surface area contributed by atoms with Crippen LogP contribution in [0.3, 0.4) is 0 Å². The number of pyridine rings is 1. The number of fused-ring (bicyclic) bond motifs is 1. The fourth-order valence-electron chi connectivity index (χ4n) is 3.62. The van der Waals surface area contributed by atoms with E-state index in [9.17, 15) is 4.79 Å². The molecule has 4 heterocycles. The average Bonchev–Trinajstić information content (AvgIpc) is 3.36. The first-order valence-corrected chi connectivity index (χ1v) is 10.7. The van der Waals surface area contributed by atoms with Gasteiger partial charge >= 0.3 is 0 Å². The molecule has 2 saturated heterocycles. The highest BCUT2D eigenvalue weighted by Crippen LogP contribution is 2.34. The van der Waals surface area contributed by atoms with Gasteiger partial charge in [-0.25, -0.2) is 4.98 Å². The molecule has 0 unspecified atom stereocenters. The van der Waals surface area contributed by atoms with Crippen molar-refractivity contribution < 1.29 is 14.3 Å². The molecule has 0 spiro atoms. The number of rotatable bonds is 6. The van der Waals surface area contributed by atoms with E-state index in [1.165, 1.54) is 0 Å². The minimum absolute atomic E-state index is 0.0487. The van der Waals surface area contributed by atoms with E-state index in [-0.39, 0.29) is 18.1 Å². The highest BCUT2D eigenvalue weighted by Gasteiger charge is 2.32. The van der Waals surface area contributed by atoms with Gasteiger partial charge in [0.2, 0.25) is 5.91 Å². The van der Waals surface area contributed by atoms with Gasteiger partial charge in [0, 0.05) is 19.2 Å². The van der Waals surface area contributed by atoms with E-state index >= 15 is 0 Å². The Morgan fingerprint density at radius 2 is 2.17 bits per heavy atom. The largest absolute Gasteiger partial charge is 0.484 e. The van der Waals surface area contributed by atoms with Crippen LogP contribution in [0.25, 0.3) is 10.3 Å². The van der Waals surface area contributed by atoms with E-state index in [1.54, 1.807) is 17.5 Å². The van der Waals surface area contributed by atoms with Crippen LogP contribution in [0.4, 0.5) is 5.13 Å². The smallest absolute Gasteiger partial charge is 0.243 e. The Bertz CT molecular complexity index is 1010. The first-order valence-electron chi connectivity index (χ1n) is 9.85. The zero-order valence-corrected chi connectivity index (χ0v) is 16.7. The van der Waals surface area contributed by atoms with Crippen LogP contribution in [-0.4, -0.2) is 47.8 Å². The molecule has 2 aliphatic heterocycles. The van der Waals surface area contributed by atoms with Crippen LogP contribution < -0.4 is 15.0 Å². The summed E-state index contributed by atoms with van der Waals surface area (Å²) < 4.78 is 12.0. The predicted molar refractivity (Wildman–Crippen MR) is 111 cm³/mol. The lowest BCUT2D eigenvalue weighted by Gasteiger charge is -2.26. The second-order valence-electron chi connectivity index (χ2n) is 7.32. The highest BCUT2D eigenvalue weighted by atomic mass is 32.1. The van der Waals surface area contributed by atoms with Gasteiger partial charge in [0.1, 0.15) is 17.9 Å². The van der Waals surface area contributed by atoms with Gasteiger partial charge in [0.05, 0.1) is 24.1 Å². The Morgan fingerprint density at radius 1 is 1.31 bits per heavy atom. The maximum Gasteiger partial charge on any atom is 0.243 e. The average molecular weight is 410 g/mol. The van der Waals surface area contributed by atoms with Crippen molar-refractivity contribution in [3.8, 4) is 5.75 Å². The third-order valence-corrected chi connectivity index (χ3v) is 6.26. The van der Waals surface area contributed by atoms with E-state index in [0.717, 1.165) is 40.5 Å². The number of aromatic nitrogens is 2. The second kappa shape index (κ2) is 7.96. The normalized spacial score (nSPS) is 19.3. The van der Waals surface area contributed by atoms with E-state index in [1.807, 2.05) is 36.4 Å². The summed E-state index contributed by atoms with van der Waals surface area (Å²) in [5.41, 5.74) is 1.79. The Kier molecular flexibility index (Phi) is 5.03. The SMILES string of the molecule is O=C(NCc1ccccc1)[C@H]1CCCN1c1nc2ncc(OC3COC3)cc2s1. The van der Waals surface area contributed by atoms with Gasteiger partial charge in [-0.3, -0.25) is 4.79 Å². The molecule has 1 aromatic carbocycles. The monoisotopic (exact) mass is 410 g/mol. The molecule has 0 saturated carbocycles. The summed E-state index contributed by atoms with van der Waals surface area (Å²) in [4.78, 5) is 24.0. The van der Waals surface area contributed by atoms with E-state index in [2.05, 4.69) is 20.2 Å². The second-order valence-corrected chi connectivity index (χ2v) is 8.33. The van der Waals surface area contributed by atoms with Crippen molar-refractivity contribution >= 4 is 32.7 Å². The molecule has 0 aliphatic carbocycles. The molecular weight excluding hydrogens is 388 g/mol. The van der Waals surface area contributed by atoms with Crippen LogP contribution in [0.5, 0.6) is 5.75 Å². The number of nitrogens with one attached hydrogen (secondary N) is 1. The zero-order valence-electron chi connectivity index (χ0n) is 15.9. The Labute approximate surface area is 172 Å². The van der Waals surface area contributed by atoms with Gasteiger partial charge in [-0.15, -0.1) is 0 Å². The van der Waals surface area contributed by atoms with E-state index < -0.39 is 0 Å². The molecule has 8 heteroatoms. The number of anilines is 1. The molecule has 3 aromatic rings. The summed E-state index contributed by atoms with van der Waals surface area (Å²) in [5, 5.41) is 3.91. The van der Waals surface area contributed by atoms with Crippen LogP contribution >= 0.6 is 11.3 Å². The number of ether oxygens (including phenoxy) is 2. The molecule has 2 aromatic heterocycles.